The van der Waals surface area contributed by atoms with Crippen molar-refractivity contribution >= 4 is 5.69 Å². The first-order chi connectivity index (χ1) is 8.59. The molecule has 0 bridgehead atoms. The van der Waals surface area contributed by atoms with Crippen LogP contribution >= 0.6 is 0 Å². The molecule has 2 N–H and O–H groups in total. The van der Waals surface area contributed by atoms with Crippen molar-refractivity contribution in [1.82, 2.24) is 0 Å². The summed E-state index contributed by atoms with van der Waals surface area (Å²) in [4.78, 5) is 0. The van der Waals surface area contributed by atoms with E-state index < -0.39 is 24.9 Å². The van der Waals surface area contributed by atoms with Crippen LogP contribution < -0.4 is 5.32 Å². The third-order valence-corrected chi connectivity index (χ3v) is 1.97. The lowest BCUT2D eigenvalue weighted by atomic mass is 10.2. The summed E-state index contributed by atoms with van der Waals surface area (Å²) in [5.41, 5.74) is -0.0555. The van der Waals surface area contributed by atoms with Gasteiger partial charge in [-0.2, -0.15) is 13.2 Å². The zero-order valence-corrected chi connectivity index (χ0v) is 9.16. The van der Waals surface area contributed by atoms with Gasteiger partial charge < -0.3 is 10.4 Å². The monoisotopic (exact) mass is 289 g/mol. The van der Waals surface area contributed by atoms with E-state index in [1.807, 2.05) is 5.32 Å². The Kier molecular flexibility index (Phi) is 4.64. The third kappa shape index (κ3) is 5.35. The van der Waals surface area contributed by atoms with Gasteiger partial charge in [0.05, 0.1) is 0 Å². The second kappa shape index (κ2) is 5.66. The molecule has 0 aliphatic rings. The van der Waals surface area contributed by atoms with Gasteiger partial charge in [-0.1, -0.05) is 18.2 Å². The summed E-state index contributed by atoms with van der Waals surface area (Å²) in [5.74, 6) is 0. The average Bonchev–Trinajstić information content (AvgIpc) is 2.25. The van der Waals surface area contributed by atoms with E-state index in [1.165, 1.54) is 30.3 Å². The normalized spacial score (nSPS) is 15.9. The van der Waals surface area contributed by atoms with E-state index in [0.29, 0.717) is 0 Å². The highest BCUT2D eigenvalue weighted by atomic mass is 19.4. The molecule has 0 aliphatic heterocycles. The van der Waals surface area contributed by atoms with Crippen LogP contribution in [0, 0.1) is 0 Å². The minimum absolute atomic E-state index is 0.0555. The van der Waals surface area contributed by atoms with Gasteiger partial charge in [-0.15, -0.1) is 13.2 Å². The van der Waals surface area contributed by atoms with Crippen LogP contribution in [0.1, 0.15) is 0 Å². The van der Waals surface area contributed by atoms with Crippen LogP contribution in [0.3, 0.4) is 0 Å². The number of ether oxygens (including phenoxy) is 1. The van der Waals surface area contributed by atoms with E-state index in [0.717, 1.165) is 0 Å². The number of alkyl halides is 6. The Morgan fingerprint density at radius 2 is 1.53 bits per heavy atom. The van der Waals surface area contributed by atoms with Gasteiger partial charge >= 0.3 is 12.5 Å². The Bertz CT molecular complexity index is 391. The molecule has 9 heteroatoms. The molecule has 0 aromatic heterocycles. The lowest BCUT2D eigenvalue weighted by Crippen LogP contribution is -2.48. The average molecular weight is 289 g/mol. The first-order valence-electron chi connectivity index (χ1n) is 4.90. The predicted molar refractivity (Wildman–Crippen MR) is 53.1 cm³/mol. The number of halogens is 6. The number of hydrogen-bond acceptors (Lipinski definition) is 3. The van der Waals surface area contributed by atoms with Crippen molar-refractivity contribution in [3.8, 4) is 0 Å². The number of hydrogen-bond donors (Lipinski definition) is 2. The van der Waals surface area contributed by atoms with Gasteiger partial charge in [0, 0.05) is 5.69 Å². The summed E-state index contributed by atoms with van der Waals surface area (Å²) >= 11 is 0. The first kappa shape index (κ1) is 15.6. The summed E-state index contributed by atoms with van der Waals surface area (Å²) in [7, 11) is 0. The third-order valence-electron chi connectivity index (χ3n) is 1.97. The molecule has 0 saturated carbocycles. The van der Waals surface area contributed by atoms with E-state index in [-0.39, 0.29) is 5.69 Å². The molecule has 0 spiro atoms. The van der Waals surface area contributed by atoms with Crippen molar-refractivity contribution in [2.45, 2.75) is 24.9 Å². The molecule has 108 valence electrons. The molecular formula is C10H9F6NO2. The molecule has 0 fully saturated rings. The number of aliphatic hydroxyl groups is 1. The number of nitrogens with one attached hydrogen (secondary N) is 1. The van der Waals surface area contributed by atoms with E-state index >= 15 is 0 Å². The van der Waals surface area contributed by atoms with Crippen molar-refractivity contribution in [3.63, 3.8) is 0 Å². The number of rotatable bonds is 4. The van der Waals surface area contributed by atoms with E-state index in [4.69, 9.17) is 5.11 Å². The van der Waals surface area contributed by atoms with Crippen molar-refractivity contribution in [2.75, 3.05) is 5.32 Å². The first-order valence-corrected chi connectivity index (χ1v) is 4.90. The van der Waals surface area contributed by atoms with E-state index in [2.05, 4.69) is 4.74 Å². The lowest BCUT2D eigenvalue weighted by molar-refractivity contribution is -0.361. The van der Waals surface area contributed by atoms with Crippen LogP contribution in [0.25, 0.3) is 0 Å². The second-order valence-electron chi connectivity index (χ2n) is 3.48. The van der Waals surface area contributed by atoms with E-state index in [9.17, 15) is 26.3 Å². The summed E-state index contributed by atoms with van der Waals surface area (Å²) in [6.45, 7) is 0. The van der Waals surface area contributed by atoms with Crippen LogP contribution in [-0.4, -0.2) is 30.0 Å². The molecule has 2 atom stereocenters. The van der Waals surface area contributed by atoms with Gasteiger partial charge in [0.1, 0.15) is 0 Å². The molecule has 3 nitrogen and oxygen atoms in total. The van der Waals surface area contributed by atoms with Crippen LogP contribution in [0.4, 0.5) is 32.0 Å². The van der Waals surface area contributed by atoms with Gasteiger partial charge in [0.2, 0.25) is 0 Å². The quantitative estimate of drug-likeness (QED) is 0.661. The van der Waals surface area contributed by atoms with Crippen LogP contribution in [0.5, 0.6) is 0 Å². The molecule has 19 heavy (non-hydrogen) atoms. The van der Waals surface area contributed by atoms with Crippen LogP contribution in [0.15, 0.2) is 30.3 Å². The number of benzene rings is 1. The Hall–Kier alpha value is -1.48. The maximum absolute atomic E-state index is 12.2. The predicted octanol–water partition coefficient (Wildman–Crippen LogP) is 2.88. The molecule has 1 rings (SSSR count). The Morgan fingerprint density at radius 1 is 1.00 bits per heavy atom. The number of anilines is 1. The highest BCUT2D eigenvalue weighted by Gasteiger charge is 2.48. The molecule has 0 heterocycles. The highest BCUT2D eigenvalue weighted by Crippen LogP contribution is 2.29. The summed E-state index contributed by atoms with van der Waals surface area (Å²) < 4.78 is 76.0. The SMILES string of the molecule is OC(C(Nc1ccccc1)OC(F)(F)F)C(F)(F)F. The largest absolute Gasteiger partial charge is 0.524 e. The minimum Gasteiger partial charge on any atom is -0.380 e. The molecule has 1 aromatic rings. The zero-order valence-electron chi connectivity index (χ0n) is 9.16. The minimum atomic E-state index is -5.32. The highest BCUT2D eigenvalue weighted by molar-refractivity contribution is 5.43. The smallest absolute Gasteiger partial charge is 0.380 e. The van der Waals surface area contributed by atoms with E-state index in [1.54, 1.807) is 0 Å². The molecule has 0 amide bonds. The molecule has 0 radical (unpaired) electrons. The summed E-state index contributed by atoms with van der Waals surface area (Å²) in [6.07, 6.45) is -16.6. The fourth-order valence-electron chi connectivity index (χ4n) is 1.19. The Morgan fingerprint density at radius 3 is 1.95 bits per heavy atom. The fraction of sp³-hybridized carbons (Fsp3) is 0.400. The Labute approximate surface area is 103 Å². The summed E-state index contributed by atoms with van der Waals surface area (Å²) in [5, 5.41) is 10.7. The summed E-state index contributed by atoms with van der Waals surface area (Å²) in [6, 6.07) is 6.77. The van der Waals surface area contributed by atoms with Gasteiger partial charge in [-0.25, -0.2) is 0 Å². The number of para-hydroxylation sites is 1. The zero-order chi connectivity index (χ0) is 14.7. The van der Waals surface area contributed by atoms with Crippen molar-refractivity contribution in [1.29, 1.82) is 0 Å². The standard InChI is InChI=1S/C10H9F6NO2/c11-9(12,13)7(18)8(19-10(14,15)16)17-6-4-2-1-3-5-6/h1-5,7-8,17-18H. The molecular weight excluding hydrogens is 280 g/mol. The maximum Gasteiger partial charge on any atom is 0.524 e. The molecule has 2 unspecified atom stereocenters. The fourth-order valence-corrected chi connectivity index (χ4v) is 1.19. The van der Waals surface area contributed by atoms with Gasteiger partial charge in [-0.05, 0) is 12.1 Å². The molecule has 0 aliphatic carbocycles. The molecule has 0 saturated heterocycles. The maximum atomic E-state index is 12.2. The van der Waals surface area contributed by atoms with Crippen LogP contribution in [0.2, 0.25) is 0 Å². The van der Waals surface area contributed by atoms with Gasteiger partial charge in [-0.3, -0.25) is 4.74 Å². The lowest BCUT2D eigenvalue weighted by Gasteiger charge is -2.27. The topological polar surface area (TPSA) is 41.5 Å². The van der Waals surface area contributed by atoms with Crippen molar-refractivity contribution < 1.29 is 36.2 Å². The van der Waals surface area contributed by atoms with Crippen molar-refractivity contribution in [3.05, 3.63) is 30.3 Å². The van der Waals surface area contributed by atoms with Crippen molar-refractivity contribution in [2.24, 2.45) is 0 Å². The van der Waals surface area contributed by atoms with Crippen LogP contribution in [-0.2, 0) is 4.74 Å². The molecule has 1 aromatic carbocycles. The number of aliphatic hydroxyl groups excluding tert-OH is 1. The van der Waals surface area contributed by atoms with Gasteiger partial charge in [0.15, 0.2) is 12.3 Å². The Balaban J connectivity index is 2.87. The van der Waals surface area contributed by atoms with Gasteiger partial charge in [0.25, 0.3) is 0 Å². The second-order valence-corrected chi connectivity index (χ2v) is 3.48.